The number of rotatable bonds is 4. The third-order valence-corrected chi connectivity index (χ3v) is 4.18. The molecule has 3 rings (SSSR count). The minimum atomic E-state index is -0.133. The van der Waals surface area contributed by atoms with Crippen molar-refractivity contribution in [2.24, 2.45) is 0 Å². The normalized spacial score (nSPS) is 10.7. The first-order valence-electron chi connectivity index (χ1n) is 6.97. The number of hydrogen-bond donors (Lipinski definition) is 0. The van der Waals surface area contributed by atoms with Gasteiger partial charge in [-0.1, -0.05) is 30.0 Å². The summed E-state index contributed by atoms with van der Waals surface area (Å²) in [6.07, 6.45) is 1.90. The van der Waals surface area contributed by atoms with Gasteiger partial charge in [-0.15, -0.1) is 0 Å². The zero-order valence-electron chi connectivity index (χ0n) is 13.1. The summed E-state index contributed by atoms with van der Waals surface area (Å²) in [5.41, 5.74) is 1.24. The summed E-state index contributed by atoms with van der Waals surface area (Å²) in [6, 6.07) is 12.9. The minimum Gasteiger partial charge on any atom is -0.493 e. The van der Waals surface area contributed by atoms with Gasteiger partial charge in [-0.3, -0.25) is 9.36 Å². The number of fused-ring (bicyclic) bond motifs is 1. The van der Waals surface area contributed by atoms with E-state index in [0.29, 0.717) is 27.6 Å². The Morgan fingerprint density at radius 1 is 1.04 bits per heavy atom. The third kappa shape index (κ3) is 2.66. The van der Waals surface area contributed by atoms with Crippen molar-refractivity contribution in [2.75, 3.05) is 20.5 Å². The standard InChI is InChI=1S/C17H16N2O3S/c1-21-14-9-12-13(10-15(14)22-2)18-17(23-3)19(16(12)20)11-7-5-4-6-8-11/h4-10H,1-3H3. The van der Waals surface area contributed by atoms with Crippen LogP contribution in [0.1, 0.15) is 0 Å². The smallest absolute Gasteiger partial charge is 0.266 e. The van der Waals surface area contributed by atoms with Crippen LogP contribution in [0.5, 0.6) is 11.5 Å². The second kappa shape index (κ2) is 6.34. The second-order valence-electron chi connectivity index (χ2n) is 4.80. The molecular weight excluding hydrogens is 312 g/mol. The van der Waals surface area contributed by atoms with Gasteiger partial charge >= 0.3 is 0 Å². The van der Waals surface area contributed by atoms with Gasteiger partial charge in [0.15, 0.2) is 16.7 Å². The molecule has 6 heteroatoms. The number of ether oxygens (including phenoxy) is 2. The maximum absolute atomic E-state index is 13.0. The molecule has 0 aliphatic rings. The molecule has 0 aliphatic heterocycles. The van der Waals surface area contributed by atoms with Crippen LogP contribution in [0, 0.1) is 0 Å². The molecule has 0 radical (unpaired) electrons. The number of nitrogens with zero attached hydrogens (tertiary/aromatic N) is 2. The average molecular weight is 328 g/mol. The summed E-state index contributed by atoms with van der Waals surface area (Å²) in [6.45, 7) is 0. The van der Waals surface area contributed by atoms with Crippen molar-refractivity contribution in [2.45, 2.75) is 5.16 Å². The number of aromatic nitrogens is 2. The first kappa shape index (κ1) is 15.4. The fourth-order valence-electron chi connectivity index (χ4n) is 2.43. The van der Waals surface area contributed by atoms with Crippen molar-refractivity contribution < 1.29 is 9.47 Å². The number of thioether (sulfide) groups is 1. The molecule has 5 nitrogen and oxygen atoms in total. The molecule has 3 aromatic rings. The van der Waals surface area contributed by atoms with E-state index in [2.05, 4.69) is 4.98 Å². The van der Waals surface area contributed by atoms with Gasteiger partial charge in [0.05, 0.1) is 30.8 Å². The van der Waals surface area contributed by atoms with Crippen molar-refractivity contribution in [3.05, 3.63) is 52.8 Å². The van der Waals surface area contributed by atoms with Crippen molar-refractivity contribution in [1.29, 1.82) is 0 Å². The lowest BCUT2D eigenvalue weighted by Crippen LogP contribution is -2.21. The molecular formula is C17H16N2O3S. The maximum Gasteiger partial charge on any atom is 0.266 e. The predicted molar refractivity (Wildman–Crippen MR) is 92.2 cm³/mol. The Kier molecular flexibility index (Phi) is 4.25. The van der Waals surface area contributed by atoms with Gasteiger partial charge in [-0.25, -0.2) is 4.98 Å². The number of benzene rings is 2. The Balaban J connectivity index is 2.38. The molecule has 118 valence electrons. The maximum atomic E-state index is 13.0. The third-order valence-electron chi connectivity index (χ3n) is 3.54. The fraction of sp³-hybridized carbons (Fsp3) is 0.176. The Bertz CT molecular complexity index is 907. The Morgan fingerprint density at radius 3 is 2.30 bits per heavy atom. The number of methoxy groups -OCH3 is 2. The summed E-state index contributed by atoms with van der Waals surface area (Å²) >= 11 is 1.42. The molecule has 0 spiro atoms. The molecule has 0 atom stereocenters. The molecule has 0 N–H and O–H groups in total. The van der Waals surface area contributed by atoms with Crippen LogP contribution in [-0.4, -0.2) is 30.0 Å². The average Bonchev–Trinajstić information content (AvgIpc) is 2.61. The van der Waals surface area contributed by atoms with Crippen LogP contribution in [0.25, 0.3) is 16.6 Å². The van der Waals surface area contributed by atoms with Crippen molar-refractivity contribution in [3.63, 3.8) is 0 Å². The lowest BCUT2D eigenvalue weighted by Gasteiger charge is -2.13. The van der Waals surface area contributed by atoms with Crippen LogP contribution < -0.4 is 15.0 Å². The minimum absolute atomic E-state index is 0.133. The summed E-state index contributed by atoms with van der Waals surface area (Å²) in [5.74, 6) is 1.06. The number of hydrogen-bond acceptors (Lipinski definition) is 5. The topological polar surface area (TPSA) is 53.4 Å². The highest BCUT2D eigenvalue weighted by atomic mass is 32.2. The van der Waals surface area contributed by atoms with Gasteiger partial charge in [0.25, 0.3) is 5.56 Å². The summed E-state index contributed by atoms with van der Waals surface area (Å²) in [4.78, 5) is 17.6. The van der Waals surface area contributed by atoms with E-state index in [1.807, 2.05) is 36.6 Å². The highest BCUT2D eigenvalue weighted by Gasteiger charge is 2.15. The molecule has 1 heterocycles. The zero-order chi connectivity index (χ0) is 16.4. The van der Waals surface area contributed by atoms with E-state index in [1.165, 1.54) is 11.8 Å². The first-order valence-corrected chi connectivity index (χ1v) is 8.20. The van der Waals surface area contributed by atoms with Gasteiger partial charge in [0.2, 0.25) is 0 Å². The molecule has 0 saturated heterocycles. The van der Waals surface area contributed by atoms with Crippen LogP contribution in [0.3, 0.4) is 0 Å². The van der Waals surface area contributed by atoms with E-state index in [4.69, 9.17) is 9.47 Å². The van der Waals surface area contributed by atoms with Crippen LogP contribution in [0.2, 0.25) is 0 Å². The molecule has 0 bridgehead atoms. The molecule has 0 unspecified atom stereocenters. The molecule has 0 aliphatic carbocycles. The Hall–Kier alpha value is -2.47. The molecule has 23 heavy (non-hydrogen) atoms. The van der Waals surface area contributed by atoms with Gasteiger partial charge in [-0.2, -0.15) is 0 Å². The van der Waals surface area contributed by atoms with Gasteiger partial charge in [0, 0.05) is 6.07 Å². The van der Waals surface area contributed by atoms with Crippen LogP contribution in [0.4, 0.5) is 0 Å². The molecule has 0 fully saturated rings. The summed E-state index contributed by atoms with van der Waals surface area (Å²) in [5, 5.41) is 1.12. The fourth-order valence-corrected chi connectivity index (χ4v) is 2.99. The van der Waals surface area contributed by atoms with E-state index >= 15 is 0 Å². The lowest BCUT2D eigenvalue weighted by molar-refractivity contribution is 0.355. The molecule has 0 amide bonds. The van der Waals surface area contributed by atoms with E-state index in [-0.39, 0.29) is 5.56 Å². The second-order valence-corrected chi connectivity index (χ2v) is 5.57. The molecule has 1 aromatic heterocycles. The Morgan fingerprint density at radius 2 is 1.70 bits per heavy atom. The van der Waals surface area contributed by atoms with Crippen LogP contribution >= 0.6 is 11.8 Å². The van der Waals surface area contributed by atoms with E-state index in [1.54, 1.807) is 30.9 Å². The highest BCUT2D eigenvalue weighted by molar-refractivity contribution is 7.98. The van der Waals surface area contributed by atoms with E-state index in [0.717, 1.165) is 5.69 Å². The van der Waals surface area contributed by atoms with Crippen LogP contribution in [0.15, 0.2) is 52.4 Å². The summed E-state index contributed by atoms with van der Waals surface area (Å²) in [7, 11) is 3.10. The SMILES string of the molecule is COc1cc2nc(SC)n(-c3ccccc3)c(=O)c2cc1OC. The van der Waals surface area contributed by atoms with Crippen molar-refractivity contribution in [1.82, 2.24) is 9.55 Å². The predicted octanol–water partition coefficient (Wildman–Crippen LogP) is 3.12. The van der Waals surface area contributed by atoms with Gasteiger partial charge < -0.3 is 9.47 Å². The van der Waals surface area contributed by atoms with E-state index in [9.17, 15) is 4.79 Å². The highest BCUT2D eigenvalue weighted by Crippen LogP contribution is 2.31. The number of para-hydroxylation sites is 1. The largest absolute Gasteiger partial charge is 0.493 e. The zero-order valence-corrected chi connectivity index (χ0v) is 13.9. The quantitative estimate of drug-likeness (QED) is 0.544. The van der Waals surface area contributed by atoms with Gasteiger partial charge in [-0.05, 0) is 24.5 Å². The lowest BCUT2D eigenvalue weighted by atomic mass is 10.2. The van der Waals surface area contributed by atoms with Crippen molar-refractivity contribution >= 4 is 22.7 Å². The summed E-state index contributed by atoms with van der Waals surface area (Å²) < 4.78 is 12.2. The molecule has 0 saturated carbocycles. The molecule has 2 aromatic carbocycles. The van der Waals surface area contributed by atoms with Gasteiger partial charge in [0.1, 0.15) is 0 Å². The van der Waals surface area contributed by atoms with Crippen molar-refractivity contribution in [3.8, 4) is 17.2 Å². The Labute approximate surface area is 137 Å². The first-order chi connectivity index (χ1) is 11.2. The monoisotopic (exact) mass is 328 g/mol. The van der Waals surface area contributed by atoms with E-state index < -0.39 is 0 Å². The van der Waals surface area contributed by atoms with Crippen LogP contribution in [-0.2, 0) is 0 Å².